The van der Waals surface area contributed by atoms with Crippen LogP contribution in [0.1, 0.15) is 41.8 Å². The normalized spacial score (nSPS) is 17.5. The van der Waals surface area contributed by atoms with Gasteiger partial charge in [-0.15, -0.1) is 10.2 Å². The molecule has 2 aliphatic rings. The molecule has 2 aromatic heterocycles. The lowest BCUT2D eigenvalue weighted by Crippen LogP contribution is -2.34. The molecule has 1 fully saturated rings. The Morgan fingerprint density at radius 3 is 2.61 bits per heavy atom. The number of nitrogens with zero attached hydrogens (tertiary/aromatic N) is 7. The average Bonchev–Trinajstić information content (AvgIpc) is 3.09. The summed E-state index contributed by atoms with van der Waals surface area (Å²) in [7, 11) is 0. The molecule has 0 spiro atoms. The van der Waals surface area contributed by atoms with Crippen LogP contribution in [0.25, 0.3) is 5.69 Å². The number of anilines is 1. The molecule has 7 nitrogen and oxygen atoms in total. The summed E-state index contributed by atoms with van der Waals surface area (Å²) in [6, 6.07) is 7.25. The van der Waals surface area contributed by atoms with Crippen LogP contribution in [0.2, 0.25) is 5.02 Å². The van der Waals surface area contributed by atoms with Crippen molar-refractivity contribution in [2.24, 2.45) is 0 Å². The number of piperidine rings is 1. The lowest BCUT2D eigenvalue weighted by atomic mass is 9.95. The number of rotatable bonds is 3. The fraction of sp³-hybridized carbons (Fsp3) is 0.455. The van der Waals surface area contributed by atoms with Crippen LogP contribution in [0.15, 0.2) is 30.5 Å². The number of hydrogen-bond acceptors (Lipinski definition) is 6. The quantitative estimate of drug-likeness (QED) is 0.561. The molecule has 174 valence electrons. The van der Waals surface area contributed by atoms with Crippen molar-refractivity contribution in [2.75, 3.05) is 24.5 Å². The highest BCUT2D eigenvalue weighted by atomic mass is 35.5. The Morgan fingerprint density at radius 2 is 1.88 bits per heavy atom. The summed E-state index contributed by atoms with van der Waals surface area (Å²) in [5.74, 6) is 3.09. The molecule has 0 aliphatic carbocycles. The van der Waals surface area contributed by atoms with E-state index < -0.39 is 12.7 Å². The smallest absolute Gasteiger partial charge is 0.356 e. The standard InChI is InChI=1S/C22H23ClF3N7/c1-14-27-7-4-19(28-14)32-8-5-15(6-9-32)21-30-29-20-12-31(13-22(24,25)26)11-16-10-17(23)2-3-18(16)33(20)21/h2-4,7,10,15H,5-6,8-9,11-13H2,1H3. The molecule has 33 heavy (non-hydrogen) atoms. The molecule has 3 aromatic rings. The number of halogens is 4. The minimum absolute atomic E-state index is 0.0673. The Bertz CT molecular complexity index is 1160. The molecule has 4 heterocycles. The molecule has 1 saturated heterocycles. The first-order chi connectivity index (χ1) is 15.8. The number of fused-ring (bicyclic) bond motifs is 3. The third-order valence-electron chi connectivity index (χ3n) is 6.14. The van der Waals surface area contributed by atoms with Gasteiger partial charge in [-0.05, 0) is 49.6 Å². The Morgan fingerprint density at radius 1 is 1.09 bits per heavy atom. The summed E-state index contributed by atoms with van der Waals surface area (Å²) < 4.78 is 41.5. The van der Waals surface area contributed by atoms with Crippen LogP contribution in [-0.2, 0) is 13.1 Å². The molecule has 0 atom stereocenters. The van der Waals surface area contributed by atoms with Gasteiger partial charge in [-0.2, -0.15) is 13.2 Å². The number of benzene rings is 1. The Balaban J connectivity index is 1.44. The zero-order chi connectivity index (χ0) is 23.2. The maximum atomic E-state index is 13.2. The summed E-state index contributed by atoms with van der Waals surface area (Å²) >= 11 is 6.19. The van der Waals surface area contributed by atoms with E-state index in [0.717, 1.165) is 54.6 Å². The number of alkyl halides is 3. The van der Waals surface area contributed by atoms with Crippen molar-refractivity contribution >= 4 is 17.4 Å². The van der Waals surface area contributed by atoms with E-state index in [1.54, 1.807) is 18.3 Å². The van der Waals surface area contributed by atoms with E-state index in [-0.39, 0.29) is 19.0 Å². The molecule has 0 amide bonds. The summed E-state index contributed by atoms with van der Waals surface area (Å²) in [5.41, 5.74) is 1.54. The van der Waals surface area contributed by atoms with Crippen LogP contribution >= 0.6 is 11.6 Å². The summed E-state index contributed by atoms with van der Waals surface area (Å²) in [5, 5.41) is 9.27. The summed E-state index contributed by atoms with van der Waals surface area (Å²) in [4.78, 5) is 12.2. The highest BCUT2D eigenvalue weighted by molar-refractivity contribution is 6.30. The Hall–Kier alpha value is -2.72. The van der Waals surface area contributed by atoms with Crippen molar-refractivity contribution in [3.8, 4) is 5.69 Å². The first kappa shape index (κ1) is 22.1. The predicted octanol–water partition coefficient (Wildman–Crippen LogP) is 4.28. The van der Waals surface area contributed by atoms with Crippen molar-refractivity contribution in [2.45, 2.75) is 44.9 Å². The highest BCUT2D eigenvalue weighted by Gasteiger charge is 2.35. The SMILES string of the molecule is Cc1nccc(N2CCC(c3nnc4n3-c3ccc(Cl)cc3CN(CC(F)(F)F)C4)CC2)n1. The minimum Gasteiger partial charge on any atom is -0.356 e. The van der Waals surface area contributed by atoms with E-state index in [1.165, 1.54) is 4.90 Å². The molecule has 11 heteroatoms. The molecule has 5 rings (SSSR count). The van der Waals surface area contributed by atoms with Crippen LogP contribution in [0.3, 0.4) is 0 Å². The molecule has 0 N–H and O–H groups in total. The third kappa shape index (κ3) is 4.67. The third-order valence-corrected chi connectivity index (χ3v) is 6.38. The molecule has 1 aromatic carbocycles. The molecular formula is C22H23ClF3N7. The predicted molar refractivity (Wildman–Crippen MR) is 117 cm³/mol. The fourth-order valence-electron chi connectivity index (χ4n) is 4.71. The average molecular weight is 478 g/mol. The second-order valence-corrected chi connectivity index (χ2v) is 9.00. The Labute approximate surface area is 194 Å². The maximum Gasteiger partial charge on any atom is 0.401 e. The molecule has 2 aliphatic heterocycles. The van der Waals surface area contributed by atoms with Gasteiger partial charge in [0.05, 0.1) is 18.8 Å². The number of hydrogen-bond donors (Lipinski definition) is 0. The second-order valence-electron chi connectivity index (χ2n) is 8.57. The zero-order valence-corrected chi connectivity index (χ0v) is 18.8. The summed E-state index contributed by atoms with van der Waals surface area (Å²) in [6.07, 6.45) is -0.855. The van der Waals surface area contributed by atoms with E-state index in [1.807, 2.05) is 23.6 Å². The lowest BCUT2D eigenvalue weighted by Gasteiger charge is -2.32. The van der Waals surface area contributed by atoms with Gasteiger partial charge in [-0.3, -0.25) is 9.47 Å². The first-order valence-electron chi connectivity index (χ1n) is 10.8. The van der Waals surface area contributed by atoms with E-state index in [2.05, 4.69) is 25.1 Å². The van der Waals surface area contributed by atoms with Gasteiger partial charge in [0.15, 0.2) is 5.82 Å². The first-order valence-corrected chi connectivity index (χ1v) is 11.2. The molecule has 0 saturated carbocycles. The number of aromatic nitrogens is 5. The van der Waals surface area contributed by atoms with Crippen LogP contribution < -0.4 is 4.90 Å². The zero-order valence-electron chi connectivity index (χ0n) is 18.1. The van der Waals surface area contributed by atoms with Gasteiger partial charge in [0, 0.05) is 36.8 Å². The topological polar surface area (TPSA) is 63.0 Å². The van der Waals surface area contributed by atoms with Gasteiger partial charge < -0.3 is 4.90 Å². The minimum atomic E-state index is -4.30. The van der Waals surface area contributed by atoms with Gasteiger partial charge in [0.1, 0.15) is 17.5 Å². The van der Waals surface area contributed by atoms with E-state index in [0.29, 0.717) is 10.8 Å². The molecule has 0 bridgehead atoms. The Kier molecular flexibility index (Phi) is 5.74. The van der Waals surface area contributed by atoms with Crippen molar-refractivity contribution in [1.82, 2.24) is 29.6 Å². The molecular weight excluding hydrogens is 455 g/mol. The van der Waals surface area contributed by atoms with Gasteiger partial charge in [-0.25, -0.2) is 9.97 Å². The van der Waals surface area contributed by atoms with Crippen LogP contribution in [0, 0.1) is 6.92 Å². The van der Waals surface area contributed by atoms with Gasteiger partial charge in [-0.1, -0.05) is 11.6 Å². The van der Waals surface area contributed by atoms with E-state index >= 15 is 0 Å². The molecule has 0 radical (unpaired) electrons. The highest BCUT2D eigenvalue weighted by Crippen LogP contribution is 2.35. The van der Waals surface area contributed by atoms with Gasteiger partial charge >= 0.3 is 6.18 Å². The summed E-state index contributed by atoms with van der Waals surface area (Å²) in [6.45, 7) is 2.67. The van der Waals surface area contributed by atoms with Crippen molar-refractivity contribution in [3.05, 3.63) is 58.5 Å². The van der Waals surface area contributed by atoms with Crippen LogP contribution in [0.4, 0.5) is 19.0 Å². The number of aryl methyl sites for hydroxylation is 1. The van der Waals surface area contributed by atoms with Crippen molar-refractivity contribution < 1.29 is 13.2 Å². The van der Waals surface area contributed by atoms with E-state index in [4.69, 9.17) is 11.6 Å². The monoisotopic (exact) mass is 477 g/mol. The van der Waals surface area contributed by atoms with Crippen molar-refractivity contribution in [3.63, 3.8) is 0 Å². The van der Waals surface area contributed by atoms with Crippen LogP contribution in [-0.4, -0.2) is 55.4 Å². The maximum absolute atomic E-state index is 13.2. The van der Waals surface area contributed by atoms with E-state index in [9.17, 15) is 13.2 Å². The van der Waals surface area contributed by atoms with Gasteiger partial charge in [0.2, 0.25) is 0 Å². The largest absolute Gasteiger partial charge is 0.401 e. The molecule has 0 unspecified atom stereocenters. The van der Waals surface area contributed by atoms with Gasteiger partial charge in [0.25, 0.3) is 0 Å². The lowest BCUT2D eigenvalue weighted by molar-refractivity contribution is -0.148. The fourth-order valence-corrected chi connectivity index (χ4v) is 4.90. The van der Waals surface area contributed by atoms with Crippen LogP contribution in [0.5, 0.6) is 0 Å². The van der Waals surface area contributed by atoms with Crippen molar-refractivity contribution in [1.29, 1.82) is 0 Å². The second kappa shape index (κ2) is 8.57.